The molecule has 34 heavy (non-hydrogen) atoms. The van der Waals surface area contributed by atoms with E-state index in [1.165, 1.54) is 34.4 Å². The van der Waals surface area contributed by atoms with Crippen molar-refractivity contribution in [3.63, 3.8) is 0 Å². The van der Waals surface area contributed by atoms with Gasteiger partial charge in [0, 0.05) is 39.5 Å². The van der Waals surface area contributed by atoms with Gasteiger partial charge in [-0.3, -0.25) is 4.98 Å². The van der Waals surface area contributed by atoms with Crippen LogP contribution in [-0.2, 0) is 12.8 Å². The molecule has 1 aromatic carbocycles. The van der Waals surface area contributed by atoms with E-state index in [-0.39, 0.29) is 11.5 Å². The molecule has 2 N–H and O–H groups in total. The number of H-pyrrole nitrogens is 1. The number of aromatic nitrogens is 6. The van der Waals surface area contributed by atoms with E-state index >= 15 is 0 Å². The number of hydrogen-bond donors (Lipinski definition) is 2. The van der Waals surface area contributed by atoms with Crippen molar-refractivity contribution in [3.8, 4) is 11.4 Å². The maximum absolute atomic E-state index is 13.9. The van der Waals surface area contributed by atoms with Crippen LogP contribution in [0.3, 0.4) is 0 Å². The predicted octanol–water partition coefficient (Wildman–Crippen LogP) is 5.29. The lowest BCUT2D eigenvalue weighted by atomic mass is 9.81. The first-order valence-electron chi connectivity index (χ1n) is 11.6. The van der Waals surface area contributed by atoms with Crippen molar-refractivity contribution in [1.82, 2.24) is 29.5 Å². The Labute approximate surface area is 196 Å². The molecule has 5 aromatic rings. The minimum absolute atomic E-state index is 0.234. The molecule has 172 valence electrons. The van der Waals surface area contributed by atoms with Crippen LogP contribution in [0.15, 0.2) is 48.9 Å². The molecular weight excluding hydrogens is 429 g/mol. The fourth-order valence-corrected chi connectivity index (χ4v) is 4.97. The highest BCUT2D eigenvalue weighted by Crippen LogP contribution is 2.36. The van der Waals surface area contributed by atoms with Crippen LogP contribution in [-0.4, -0.2) is 35.1 Å². The summed E-state index contributed by atoms with van der Waals surface area (Å²) in [4.78, 5) is 17.1. The molecule has 1 aliphatic carbocycles. The normalized spacial score (nSPS) is 18.0. The number of nitrogens with zero attached hydrogens (tertiary/aromatic N) is 5. The van der Waals surface area contributed by atoms with Crippen molar-refractivity contribution in [2.45, 2.75) is 51.5 Å². The maximum atomic E-state index is 13.9. The zero-order valence-corrected chi connectivity index (χ0v) is 19.4. The summed E-state index contributed by atoms with van der Waals surface area (Å²) in [6.07, 6.45) is 7.35. The molecule has 0 aliphatic heterocycles. The molecule has 1 unspecified atom stereocenters. The van der Waals surface area contributed by atoms with Crippen molar-refractivity contribution in [1.29, 1.82) is 0 Å². The van der Waals surface area contributed by atoms with Gasteiger partial charge in [0.05, 0.1) is 12.4 Å². The van der Waals surface area contributed by atoms with Gasteiger partial charge in [-0.1, -0.05) is 32.0 Å². The lowest BCUT2D eigenvalue weighted by molar-refractivity contribution is 0.439. The van der Waals surface area contributed by atoms with Crippen molar-refractivity contribution in [2.24, 2.45) is 0 Å². The van der Waals surface area contributed by atoms with E-state index in [2.05, 4.69) is 65.4 Å². The van der Waals surface area contributed by atoms with Crippen LogP contribution in [0.4, 0.5) is 10.3 Å². The van der Waals surface area contributed by atoms with E-state index in [1.807, 2.05) is 6.20 Å². The number of rotatable bonds is 4. The zero-order chi connectivity index (χ0) is 23.4. The zero-order valence-electron chi connectivity index (χ0n) is 19.4. The van der Waals surface area contributed by atoms with Crippen LogP contribution in [0.1, 0.15) is 49.9 Å². The van der Waals surface area contributed by atoms with Gasteiger partial charge in [-0.05, 0) is 49.8 Å². The van der Waals surface area contributed by atoms with Gasteiger partial charge in [-0.15, -0.1) is 0 Å². The summed E-state index contributed by atoms with van der Waals surface area (Å²) in [5.74, 6) is 0.843. The number of hydrogen-bond acceptors (Lipinski definition) is 5. The van der Waals surface area contributed by atoms with Crippen LogP contribution < -0.4 is 5.32 Å². The topological polar surface area (TPSA) is 83.8 Å². The monoisotopic (exact) mass is 455 g/mol. The van der Waals surface area contributed by atoms with Crippen LogP contribution in [0.5, 0.6) is 0 Å². The molecule has 7 nitrogen and oxygen atoms in total. The highest BCUT2D eigenvalue weighted by atomic mass is 19.1. The van der Waals surface area contributed by atoms with E-state index in [1.54, 1.807) is 10.7 Å². The maximum Gasteiger partial charge on any atom is 0.228 e. The van der Waals surface area contributed by atoms with E-state index in [0.717, 1.165) is 30.5 Å². The minimum Gasteiger partial charge on any atom is -0.358 e. The van der Waals surface area contributed by atoms with Gasteiger partial charge in [0.1, 0.15) is 5.82 Å². The summed E-state index contributed by atoms with van der Waals surface area (Å²) in [6.45, 7) is 6.44. The van der Waals surface area contributed by atoms with E-state index in [4.69, 9.17) is 9.97 Å². The summed E-state index contributed by atoms with van der Waals surface area (Å²) in [7, 11) is 0. The standard InChI is InChI=1S/C26H26FN7/c1-15(2)20-14-29-34-24(20)31-23(16-10-17(27)13-28-12-16)32-25(34)33-26(3)9-8-22-19(11-26)18-6-4-5-7-21(18)30-22/h4-7,10,12-15,30H,8-9,11H2,1-3H3,(H,31,32,33). The highest BCUT2D eigenvalue weighted by molar-refractivity contribution is 5.85. The minimum atomic E-state index is -0.417. The van der Waals surface area contributed by atoms with Gasteiger partial charge in [0.2, 0.25) is 5.95 Å². The Balaban J connectivity index is 1.45. The molecule has 0 amide bonds. The van der Waals surface area contributed by atoms with Crippen molar-refractivity contribution >= 4 is 22.5 Å². The molecule has 6 rings (SSSR count). The third kappa shape index (κ3) is 3.41. The Morgan fingerprint density at radius 3 is 2.82 bits per heavy atom. The number of aryl methyl sites for hydroxylation is 1. The van der Waals surface area contributed by atoms with Gasteiger partial charge < -0.3 is 10.3 Å². The van der Waals surface area contributed by atoms with Gasteiger partial charge in [0.15, 0.2) is 11.5 Å². The number of pyridine rings is 1. The van der Waals surface area contributed by atoms with Gasteiger partial charge in [0.25, 0.3) is 0 Å². The Morgan fingerprint density at radius 2 is 2.00 bits per heavy atom. The van der Waals surface area contributed by atoms with Crippen LogP contribution >= 0.6 is 0 Å². The van der Waals surface area contributed by atoms with Crippen LogP contribution in [0, 0.1) is 5.82 Å². The van der Waals surface area contributed by atoms with E-state index < -0.39 is 5.82 Å². The Kier molecular flexibility index (Phi) is 4.65. The van der Waals surface area contributed by atoms with Crippen molar-refractivity contribution in [3.05, 3.63) is 71.6 Å². The largest absolute Gasteiger partial charge is 0.358 e. The molecule has 0 bridgehead atoms. The molecule has 0 spiro atoms. The molecule has 8 heteroatoms. The lowest BCUT2D eigenvalue weighted by Crippen LogP contribution is -2.41. The molecule has 4 heterocycles. The van der Waals surface area contributed by atoms with Crippen molar-refractivity contribution < 1.29 is 4.39 Å². The summed E-state index contributed by atoms with van der Waals surface area (Å²) in [6, 6.07) is 9.86. The lowest BCUT2D eigenvalue weighted by Gasteiger charge is -2.35. The fraction of sp³-hybridized carbons (Fsp3) is 0.308. The summed E-state index contributed by atoms with van der Waals surface area (Å²) >= 11 is 0. The molecule has 1 atom stereocenters. The second kappa shape index (κ2) is 7.62. The van der Waals surface area contributed by atoms with E-state index in [9.17, 15) is 4.39 Å². The first-order chi connectivity index (χ1) is 16.4. The third-order valence-electron chi connectivity index (χ3n) is 6.79. The Hall–Kier alpha value is -3.81. The molecule has 1 aliphatic rings. The first-order valence-corrected chi connectivity index (χ1v) is 11.6. The van der Waals surface area contributed by atoms with Gasteiger partial charge in [-0.25, -0.2) is 9.37 Å². The van der Waals surface area contributed by atoms with Crippen molar-refractivity contribution in [2.75, 3.05) is 5.32 Å². The summed E-state index contributed by atoms with van der Waals surface area (Å²) in [5, 5.41) is 9.57. The number of para-hydroxylation sites is 1. The fourth-order valence-electron chi connectivity index (χ4n) is 4.97. The second-order valence-corrected chi connectivity index (χ2v) is 9.74. The van der Waals surface area contributed by atoms with E-state index in [0.29, 0.717) is 17.3 Å². The molecule has 0 saturated heterocycles. The number of halogens is 1. The first kappa shape index (κ1) is 20.8. The number of nitrogens with one attached hydrogen (secondary N) is 2. The highest BCUT2D eigenvalue weighted by Gasteiger charge is 2.33. The number of benzene rings is 1. The number of anilines is 1. The molecule has 0 fully saturated rings. The Bertz CT molecular complexity index is 1530. The summed E-state index contributed by atoms with van der Waals surface area (Å²) < 4.78 is 15.7. The molecule has 0 saturated carbocycles. The molecule has 0 radical (unpaired) electrons. The smallest absolute Gasteiger partial charge is 0.228 e. The Morgan fingerprint density at radius 1 is 1.15 bits per heavy atom. The third-order valence-corrected chi connectivity index (χ3v) is 6.79. The van der Waals surface area contributed by atoms with Crippen LogP contribution in [0.2, 0.25) is 0 Å². The molecule has 4 aromatic heterocycles. The predicted molar refractivity (Wildman–Crippen MR) is 130 cm³/mol. The number of fused-ring (bicyclic) bond motifs is 4. The van der Waals surface area contributed by atoms with Gasteiger partial charge >= 0.3 is 0 Å². The SMILES string of the molecule is CC(C)c1cnn2c(NC3(C)CCc4[nH]c5ccccc5c4C3)nc(-c3cncc(F)c3)nc12. The quantitative estimate of drug-likeness (QED) is 0.385. The van der Waals surface area contributed by atoms with Crippen LogP contribution in [0.25, 0.3) is 27.9 Å². The average Bonchev–Trinajstić information content (AvgIpc) is 3.40. The molecular formula is C26H26FN7. The van der Waals surface area contributed by atoms with Gasteiger partial charge in [-0.2, -0.15) is 14.6 Å². The second-order valence-electron chi connectivity index (χ2n) is 9.74. The average molecular weight is 456 g/mol. The summed E-state index contributed by atoms with van der Waals surface area (Å²) in [5.41, 5.74) is 5.87. The number of aromatic amines is 1.